The van der Waals surface area contributed by atoms with Gasteiger partial charge in [-0.25, -0.2) is 12.7 Å². The maximum Gasteiger partial charge on any atom is 0.242 e. The summed E-state index contributed by atoms with van der Waals surface area (Å²) in [4.78, 5) is 0.350. The molecular formula is C13H17NO3S. The fourth-order valence-electron chi connectivity index (χ4n) is 1.86. The van der Waals surface area contributed by atoms with Crippen LogP contribution in [0.2, 0.25) is 0 Å². The monoisotopic (exact) mass is 267 g/mol. The Kier molecular flexibility index (Phi) is 3.45. The van der Waals surface area contributed by atoms with Gasteiger partial charge in [-0.1, -0.05) is 6.08 Å². The van der Waals surface area contributed by atoms with Gasteiger partial charge in [0.05, 0.1) is 4.91 Å². The van der Waals surface area contributed by atoms with E-state index in [0.717, 1.165) is 23.5 Å². The minimum atomic E-state index is -3.36. The number of hydrogen-bond donors (Lipinski definition) is 0. The topological polar surface area (TPSA) is 50.5 Å². The third kappa shape index (κ3) is 2.42. The van der Waals surface area contributed by atoms with Gasteiger partial charge in [-0.3, -0.25) is 0 Å². The molecule has 0 aliphatic heterocycles. The third-order valence-corrected chi connectivity index (χ3v) is 4.75. The van der Waals surface area contributed by atoms with Gasteiger partial charge in [0.1, 0.15) is 11.5 Å². The van der Waals surface area contributed by atoms with Gasteiger partial charge >= 0.3 is 0 Å². The molecule has 0 atom stereocenters. The van der Waals surface area contributed by atoms with E-state index in [4.69, 9.17) is 4.42 Å². The highest BCUT2D eigenvalue weighted by Crippen LogP contribution is 2.30. The second kappa shape index (κ2) is 4.74. The molecule has 0 bridgehead atoms. The summed E-state index contributed by atoms with van der Waals surface area (Å²) in [6.07, 6.45) is 4.99. The molecule has 1 aromatic rings. The molecule has 18 heavy (non-hydrogen) atoms. The fraction of sp³-hybridized carbons (Fsp3) is 0.385. The normalized spacial score (nSPS) is 16.7. The first-order chi connectivity index (χ1) is 8.41. The zero-order valence-corrected chi connectivity index (χ0v) is 11.6. The SMILES string of the molecule is Cc1ccc(C2=CC(S(=O)(=O)N(C)C)=CCC2)o1. The quantitative estimate of drug-likeness (QED) is 0.845. The van der Waals surface area contributed by atoms with Crippen LogP contribution in [0.5, 0.6) is 0 Å². The molecule has 0 saturated heterocycles. The summed E-state index contributed by atoms with van der Waals surface area (Å²) in [5, 5.41) is 0. The molecule has 2 rings (SSSR count). The van der Waals surface area contributed by atoms with Crippen LogP contribution >= 0.6 is 0 Å². The first-order valence-corrected chi connectivity index (χ1v) is 7.25. The Morgan fingerprint density at radius 1 is 1.28 bits per heavy atom. The minimum absolute atomic E-state index is 0.350. The van der Waals surface area contributed by atoms with Crippen molar-refractivity contribution in [1.29, 1.82) is 0 Å². The first kappa shape index (κ1) is 13.1. The molecule has 5 heteroatoms. The average molecular weight is 267 g/mol. The van der Waals surface area contributed by atoms with E-state index in [9.17, 15) is 8.42 Å². The van der Waals surface area contributed by atoms with E-state index in [1.807, 2.05) is 19.1 Å². The van der Waals surface area contributed by atoms with Gasteiger partial charge in [0.2, 0.25) is 10.0 Å². The number of nitrogens with zero attached hydrogens (tertiary/aromatic N) is 1. The molecule has 1 heterocycles. The van der Waals surface area contributed by atoms with Gasteiger partial charge in [-0.15, -0.1) is 0 Å². The molecule has 0 aromatic carbocycles. The lowest BCUT2D eigenvalue weighted by Crippen LogP contribution is -2.23. The highest BCUT2D eigenvalue weighted by molar-refractivity contribution is 7.93. The summed E-state index contributed by atoms with van der Waals surface area (Å²) < 4.78 is 30.9. The number of aryl methyl sites for hydroxylation is 1. The number of rotatable bonds is 3. The van der Waals surface area contributed by atoms with Crippen molar-refractivity contribution >= 4 is 15.6 Å². The molecule has 1 aromatic heterocycles. The molecule has 0 fully saturated rings. The standard InChI is InChI=1S/C13H17NO3S/c1-10-7-8-13(17-10)11-5-4-6-12(9-11)18(15,16)14(2)3/h6-9H,4-5H2,1-3H3. The molecular weight excluding hydrogens is 250 g/mol. The Balaban J connectivity index is 2.37. The molecule has 1 aliphatic carbocycles. The lowest BCUT2D eigenvalue weighted by Gasteiger charge is -2.16. The van der Waals surface area contributed by atoms with E-state index in [-0.39, 0.29) is 0 Å². The summed E-state index contributed by atoms with van der Waals surface area (Å²) in [6, 6.07) is 3.76. The van der Waals surface area contributed by atoms with E-state index in [0.29, 0.717) is 11.3 Å². The summed E-state index contributed by atoms with van der Waals surface area (Å²) in [7, 11) is -0.284. The van der Waals surface area contributed by atoms with Gasteiger partial charge in [0.15, 0.2) is 0 Å². The lowest BCUT2D eigenvalue weighted by molar-refractivity contribution is 0.518. The molecule has 0 radical (unpaired) electrons. The van der Waals surface area contributed by atoms with E-state index < -0.39 is 10.0 Å². The first-order valence-electron chi connectivity index (χ1n) is 5.81. The fourth-order valence-corrected chi connectivity index (χ4v) is 2.91. The molecule has 4 nitrogen and oxygen atoms in total. The molecule has 0 N–H and O–H groups in total. The maximum atomic E-state index is 12.0. The second-order valence-electron chi connectivity index (χ2n) is 4.51. The van der Waals surface area contributed by atoms with Crippen LogP contribution in [0.3, 0.4) is 0 Å². The number of furan rings is 1. The smallest absolute Gasteiger partial charge is 0.242 e. The van der Waals surface area contributed by atoms with E-state index >= 15 is 0 Å². The van der Waals surface area contributed by atoms with Crippen LogP contribution in [-0.4, -0.2) is 26.8 Å². The number of hydrogen-bond acceptors (Lipinski definition) is 3. The maximum absolute atomic E-state index is 12.0. The summed E-state index contributed by atoms with van der Waals surface area (Å²) >= 11 is 0. The number of allylic oxidation sites excluding steroid dienone is 3. The zero-order valence-electron chi connectivity index (χ0n) is 10.8. The Hall–Kier alpha value is -1.33. The van der Waals surface area contributed by atoms with Crippen molar-refractivity contribution in [3.8, 4) is 0 Å². The van der Waals surface area contributed by atoms with Gasteiger partial charge in [-0.05, 0) is 43.5 Å². The molecule has 0 saturated carbocycles. The van der Waals surface area contributed by atoms with E-state index in [1.165, 1.54) is 18.4 Å². The van der Waals surface area contributed by atoms with Crippen molar-refractivity contribution in [3.63, 3.8) is 0 Å². The van der Waals surface area contributed by atoms with Crippen molar-refractivity contribution in [2.24, 2.45) is 0 Å². The predicted molar refractivity (Wildman–Crippen MR) is 71.3 cm³/mol. The second-order valence-corrected chi connectivity index (χ2v) is 6.66. The van der Waals surface area contributed by atoms with E-state index in [2.05, 4.69) is 0 Å². The van der Waals surface area contributed by atoms with Crippen molar-refractivity contribution in [2.45, 2.75) is 19.8 Å². The zero-order chi connectivity index (χ0) is 13.3. The van der Waals surface area contributed by atoms with Gasteiger partial charge in [-0.2, -0.15) is 0 Å². The summed E-state index contributed by atoms with van der Waals surface area (Å²) in [6.45, 7) is 1.88. The number of sulfonamides is 1. The highest BCUT2D eigenvalue weighted by atomic mass is 32.2. The Morgan fingerprint density at radius 3 is 2.56 bits per heavy atom. The minimum Gasteiger partial charge on any atom is -0.462 e. The predicted octanol–water partition coefficient (Wildman–Crippen LogP) is 2.54. The summed E-state index contributed by atoms with van der Waals surface area (Å²) in [5.74, 6) is 1.59. The lowest BCUT2D eigenvalue weighted by atomic mass is 10.0. The molecule has 0 unspecified atom stereocenters. The molecule has 0 spiro atoms. The Labute approximate surface area is 108 Å². The summed E-state index contributed by atoms with van der Waals surface area (Å²) in [5.41, 5.74) is 0.936. The van der Waals surface area contributed by atoms with Gasteiger partial charge < -0.3 is 4.42 Å². The van der Waals surface area contributed by atoms with Crippen LogP contribution in [0.1, 0.15) is 24.4 Å². The van der Waals surface area contributed by atoms with Crippen LogP contribution in [0.4, 0.5) is 0 Å². The molecule has 0 amide bonds. The third-order valence-electron chi connectivity index (χ3n) is 2.91. The van der Waals surface area contributed by atoms with Crippen LogP contribution < -0.4 is 0 Å². The average Bonchev–Trinajstić information content (AvgIpc) is 2.76. The van der Waals surface area contributed by atoms with Crippen LogP contribution in [0.15, 0.2) is 33.6 Å². The van der Waals surface area contributed by atoms with Crippen LogP contribution in [0.25, 0.3) is 5.57 Å². The van der Waals surface area contributed by atoms with Crippen LogP contribution in [-0.2, 0) is 10.0 Å². The van der Waals surface area contributed by atoms with Crippen molar-refractivity contribution in [2.75, 3.05) is 14.1 Å². The Morgan fingerprint density at radius 2 is 2.00 bits per heavy atom. The van der Waals surface area contributed by atoms with Crippen LogP contribution in [0, 0.1) is 6.92 Å². The highest BCUT2D eigenvalue weighted by Gasteiger charge is 2.22. The van der Waals surface area contributed by atoms with Crippen molar-refractivity contribution in [1.82, 2.24) is 4.31 Å². The molecule has 1 aliphatic rings. The van der Waals surface area contributed by atoms with E-state index in [1.54, 1.807) is 12.2 Å². The Bertz CT molecular complexity index is 606. The van der Waals surface area contributed by atoms with Crippen molar-refractivity contribution < 1.29 is 12.8 Å². The molecule has 98 valence electrons. The van der Waals surface area contributed by atoms with Gasteiger partial charge in [0, 0.05) is 14.1 Å². The van der Waals surface area contributed by atoms with Gasteiger partial charge in [0.25, 0.3) is 0 Å². The van der Waals surface area contributed by atoms with Crippen molar-refractivity contribution in [3.05, 3.63) is 40.7 Å². The largest absolute Gasteiger partial charge is 0.462 e.